The molecule has 2 fully saturated rings. The molecule has 1 unspecified atom stereocenters. The van der Waals surface area contributed by atoms with Gasteiger partial charge in [0.25, 0.3) is 5.69 Å². The molecule has 2 aliphatic rings. The van der Waals surface area contributed by atoms with Crippen LogP contribution in [0.1, 0.15) is 24.8 Å². The van der Waals surface area contributed by atoms with Crippen molar-refractivity contribution >= 4 is 21.4 Å². The van der Waals surface area contributed by atoms with Crippen molar-refractivity contribution in [2.24, 2.45) is 0 Å². The monoisotopic (exact) mass is 339 g/mol. The van der Waals surface area contributed by atoms with Gasteiger partial charge in [0, 0.05) is 31.7 Å². The number of nitrogens with zero attached hydrogens (tertiary/aromatic N) is 3. The predicted molar refractivity (Wildman–Crippen MR) is 88.2 cm³/mol. The summed E-state index contributed by atoms with van der Waals surface area (Å²) in [5, 5.41) is 10.9. The third-order valence-corrected chi connectivity index (χ3v) is 7.04. The zero-order valence-electron chi connectivity index (χ0n) is 13.1. The molecule has 7 nitrogen and oxygen atoms in total. The van der Waals surface area contributed by atoms with Gasteiger partial charge >= 0.3 is 0 Å². The van der Waals surface area contributed by atoms with Crippen LogP contribution in [0.15, 0.2) is 18.2 Å². The first-order valence-corrected chi connectivity index (χ1v) is 9.39. The molecule has 1 atom stereocenters. The Morgan fingerprint density at radius 1 is 1.22 bits per heavy atom. The van der Waals surface area contributed by atoms with E-state index in [-0.39, 0.29) is 10.6 Å². The normalized spacial score (nSPS) is 22.7. The third kappa shape index (κ3) is 2.92. The first-order chi connectivity index (χ1) is 10.9. The molecule has 0 aromatic heterocycles. The predicted octanol–water partition coefficient (Wildman–Crippen LogP) is 1.91. The van der Waals surface area contributed by atoms with Crippen molar-refractivity contribution in [1.82, 2.24) is 4.31 Å². The highest BCUT2D eigenvalue weighted by Gasteiger charge is 2.39. The summed E-state index contributed by atoms with van der Waals surface area (Å²) in [4.78, 5) is 12.8. The van der Waals surface area contributed by atoms with E-state index in [1.54, 1.807) is 29.4 Å². The topological polar surface area (TPSA) is 83.8 Å². The highest BCUT2D eigenvalue weighted by Crippen LogP contribution is 2.35. The fourth-order valence-corrected chi connectivity index (χ4v) is 5.44. The van der Waals surface area contributed by atoms with E-state index in [9.17, 15) is 18.5 Å². The SMILES string of the molecule is Cc1cccc(N2CCC(S(=O)(=O)N3CCCC3)C2)c1[N+](=O)[O-]. The van der Waals surface area contributed by atoms with Crippen molar-refractivity contribution < 1.29 is 13.3 Å². The molecule has 2 heterocycles. The Hall–Kier alpha value is -1.67. The van der Waals surface area contributed by atoms with Gasteiger partial charge < -0.3 is 4.90 Å². The molecule has 2 aliphatic heterocycles. The third-order valence-electron chi connectivity index (χ3n) is 4.73. The van der Waals surface area contributed by atoms with E-state index in [1.165, 1.54) is 0 Å². The summed E-state index contributed by atoms with van der Waals surface area (Å²) >= 11 is 0. The maximum atomic E-state index is 12.7. The summed E-state index contributed by atoms with van der Waals surface area (Å²) in [7, 11) is -3.30. The maximum Gasteiger partial charge on any atom is 0.295 e. The van der Waals surface area contributed by atoms with Crippen molar-refractivity contribution in [2.45, 2.75) is 31.4 Å². The van der Waals surface area contributed by atoms with Gasteiger partial charge in [-0.25, -0.2) is 12.7 Å². The zero-order valence-corrected chi connectivity index (χ0v) is 14.0. The lowest BCUT2D eigenvalue weighted by Crippen LogP contribution is -2.38. The van der Waals surface area contributed by atoms with Crippen molar-refractivity contribution in [1.29, 1.82) is 0 Å². The Kier molecular flexibility index (Phi) is 4.29. The molecular weight excluding hydrogens is 318 g/mol. The van der Waals surface area contributed by atoms with E-state index in [0.29, 0.717) is 43.9 Å². The Labute approximate surface area is 136 Å². The summed E-state index contributed by atoms with van der Waals surface area (Å²) in [6.07, 6.45) is 2.35. The van der Waals surface area contributed by atoms with Gasteiger partial charge in [0.05, 0.1) is 10.2 Å². The average molecular weight is 339 g/mol. The summed E-state index contributed by atoms with van der Waals surface area (Å²) in [5.74, 6) is 0. The molecule has 0 aliphatic carbocycles. The van der Waals surface area contributed by atoms with Crippen LogP contribution in [0.3, 0.4) is 0 Å². The van der Waals surface area contributed by atoms with Crippen LogP contribution in [0.25, 0.3) is 0 Å². The standard InChI is InChI=1S/C15H21N3O4S/c1-12-5-4-6-14(15(12)18(19)20)16-10-7-13(11-16)23(21,22)17-8-2-3-9-17/h4-6,13H,2-3,7-11H2,1H3. The molecule has 1 aromatic carbocycles. The van der Waals surface area contributed by atoms with Crippen LogP contribution in [0.5, 0.6) is 0 Å². The van der Waals surface area contributed by atoms with Crippen LogP contribution in [0.4, 0.5) is 11.4 Å². The number of nitro benzene ring substituents is 1. The fourth-order valence-electron chi connectivity index (χ4n) is 3.48. The Morgan fingerprint density at radius 3 is 2.57 bits per heavy atom. The first kappa shape index (κ1) is 16.2. The maximum absolute atomic E-state index is 12.7. The average Bonchev–Trinajstić information content (AvgIpc) is 3.18. The zero-order chi connectivity index (χ0) is 16.6. The molecule has 0 N–H and O–H groups in total. The molecule has 0 bridgehead atoms. The minimum Gasteiger partial charge on any atom is -0.365 e. The summed E-state index contributed by atoms with van der Waals surface area (Å²) in [6.45, 7) is 3.76. The van der Waals surface area contributed by atoms with Crippen LogP contribution in [-0.2, 0) is 10.0 Å². The number of aryl methyl sites for hydroxylation is 1. The largest absolute Gasteiger partial charge is 0.365 e. The number of para-hydroxylation sites is 1. The molecule has 8 heteroatoms. The van der Waals surface area contributed by atoms with E-state index < -0.39 is 15.3 Å². The summed E-state index contributed by atoms with van der Waals surface area (Å²) < 4.78 is 26.9. The molecule has 1 aromatic rings. The molecule has 0 amide bonds. The lowest BCUT2D eigenvalue weighted by atomic mass is 10.1. The van der Waals surface area contributed by atoms with Gasteiger partial charge in [0.15, 0.2) is 0 Å². The van der Waals surface area contributed by atoms with Gasteiger partial charge in [0.1, 0.15) is 5.69 Å². The van der Waals surface area contributed by atoms with E-state index in [1.807, 2.05) is 4.90 Å². The lowest BCUT2D eigenvalue weighted by Gasteiger charge is -2.22. The van der Waals surface area contributed by atoms with Gasteiger partial charge in [0.2, 0.25) is 10.0 Å². The van der Waals surface area contributed by atoms with Gasteiger partial charge in [-0.3, -0.25) is 10.1 Å². The molecule has 0 spiro atoms. The van der Waals surface area contributed by atoms with Gasteiger partial charge in [-0.1, -0.05) is 12.1 Å². The first-order valence-electron chi connectivity index (χ1n) is 7.89. The van der Waals surface area contributed by atoms with Gasteiger partial charge in [-0.05, 0) is 32.3 Å². The van der Waals surface area contributed by atoms with Crippen LogP contribution < -0.4 is 4.90 Å². The van der Waals surface area contributed by atoms with Crippen molar-refractivity contribution in [3.63, 3.8) is 0 Å². The number of benzene rings is 1. The highest BCUT2D eigenvalue weighted by molar-refractivity contribution is 7.89. The van der Waals surface area contributed by atoms with E-state index in [4.69, 9.17) is 0 Å². The quantitative estimate of drug-likeness (QED) is 0.618. The lowest BCUT2D eigenvalue weighted by molar-refractivity contribution is -0.384. The fraction of sp³-hybridized carbons (Fsp3) is 0.600. The van der Waals surface area contributed by atoms with Crippen molar-refractivity contribution in [2.75, 3.05) is 31.1 Å². The second kappa shape index (κ2) is 6.09. The summed E-state index contributed by atoms with van der Waals surface area (Å²) in [5.41, 5.74) is 1.19. The minimum atomic E-state index is -3.30. The van der Waals surface area contributed by atoms with Crippen molar-refractivity contribution in [3.05, 3.63) is 33.9 Å². The molecular formula is C15H21N3O4S. The Bertz CT molecular complexity index is 713. The summed E-state index contributed by atoms with van der Waals surface area (Å²) in [6, 6.07) is 5.19. The van der Waals surface area contributed by atoms with Crippen molar-refractivity contribution in [3.8, 4) is 0 Å². The number of anilines is 1. The molecule has 23 heavy (non-hydrogen) atoms. The van der Waals surface area contributed by atoms with Crippen LogP contribution in [0.2, 0.25) is 0 Å². The van der Waals surface area contributed by atoms with E-state index in [2.05, 4.69) is 0 Å². The van der Waals surface area contributed by atoms with E-state index >= 15 is 0 Å². The smallest absolute Gasteiger partial charge is 0.295 e. The number of rotatable bonds is 4. The van der Waals surface area contributed by atoms with Crippen LogP contribution in [-0.4, -0.2) is 49.1 Å². The molecule has 3 rings (SSSR count). The molecule has 0 radical (unpaired) electrons. The van der Waals surface area contributed by atoms with Crippen LogP contribution >= 0.6 is 0 Å². The second-order valence-corrected chi connectivity index (χ2v) is 8.42. The number of hydrogen-bond acceptors (Lipinski definition) is 5. The number of sulfonamides is 1. The Morgan fingerprint density at radius 2 is 1.91 bits per heavy atom. The number of nitro groups is 1. The second-order valence-electron chi connectivity index (χ2n) is 6.21. The molecule has 0 saturated carbocycles. The van der Waals surface area contributed by atoms with Gasteiger partial charge in [-0.15, -0.1) is 0 Å². The molecule has 126 valence electrons. The Balaban J connectivity index is 1.83. The molecule has 2 saturated heterocycles. The minimum absolute atomic E-state index is 0.0757. The van der Waals surface area contributed by atoms with E-state index in [0.717, 1.165) is 12.8 Å². The number of hydrogen-bond donors (Lipinski definition) is 0. The van der Waals surface area contributed by atoms with Crippen LogP contribution in [0, 0.1) is 17.0 Å². The highest BCUT2D eigenvalue weighted by atomic mass is 32.2. The van der Waals surface area contributed by atoms with Gasteiger partial charge in [-0.2, -0.15) is 0 Å².